The lowest BCUT2D eigenvalue weighted by Crippen LogP contribution is -2.34. The number of carbonyl (C=O) groups is 1. The Labute approximate surface area is 98.4 Å². The summed E-state index contributed by atoms with van der Waals surface area (Å²) < 4.78 is 0.997. The first-order valence-corrected chi connectivity index (χ1v) is 5.66. The van der Waals surface area contributed by atoms with Crippen LogP contribution in [0.25, 0.3) is 0 Å². The maximum atomic E-state index is 11.3. The maximum absolute atomic E-state index is 11.3. The summed E-state index contributed by atoms with van der Waals surface area (Å²) in [4.78, 5) is 11.3. The lowest BCUT2D eigenvalue weighted by molar-refractivity contribution is -0.119. The fraction of sp³-hybridized carbons (Fsp3) is 0.364. The summed E-state index contributed by atoms with van der Waals surface area (Å²) in [6.45, 7) is 4.18. The van der Waals surface area contributed by atoms with Crippen molar-refractivity contribution in [3.05, 3.63) is 28.7 Å². The van der Waals surface area contributed by atoms with Gasteiger partial charge in [0.25, 0.3) is 0 Å². The first kappa shape index (κ1) is 12.0. The van der Waals surface area contributed by atoms with Crippen LogP contribution in [-0.2, 0) is 4.79 Å². The quantitative estimate of drug-likeness (QED) is 0.882. The van der Waals surface area contributed by atoms with Crippen molar-refractivity contribution < 1.29 is 4.79 Å². The highest BCUT2D eigenvalue weighted by molar-refractivity contribution is 9.10. The summed E-state index contributed by atoms with van der Waals surface area (Å²) in [5, 5.41) is 5.86. The summed E-state index contributed by atoms with van der Waals surface area (Å²) >= 11 is 3.37. The summed E-state index contributed by atoms with van der Waals surface area (Å²) in [5.74, 6) is 0.00461. The third-order valence-corrected chi connectivity index (χ3v) is 2.22. The molecule has 82 valence electrons. The normalized spacial score (nSPS) is 10.1. The van der Waals surface area contributed by atoms with Gasteiger partial charge in [0.15, 0.2) is 0 Å². The number of anilines is 1. The molecule has 0 radical (unpaired) electrons. The molecule has 3 nitrogen and oxygen atoms in total. The molecule has 15 heavy (non-hydrogen) atoms. The average Bonchev–Trinajstić information content (AvgIpc) is 2.14. The Bertz CT molecular complexity index is 339. The van der Waals surface area contributed by atoms with Gasteiger partial charge in [-0.1, -0.05) is 22.0 Å². The van der Waals surface area contributed by atoms with Crippen LogP contribution >= 0.6 is 15.9 Å². The van der Waals surface area contributed by atoms with Gasteiger partial charge in [0.1, 0.15) is 0 Å². The Morgan fingerprint density at radius 2 is 2.20 bits per heavy atom. The van der Waals surface area contributed by atoms with Crippen molar-refractivity contribution in [2.24, 2.45) is 0 Å². The molecule has 0 atom stereocenters. The lowest BCUT2D eigenvalue weighted by atomic mass is 10.3. The number of benzene rings is 1. The van der Waals surface area contributed by atoms with Crippen LogP contribution in [0.1, 0.15) is 13.8 Å². The summed E-state index contributed by atoms with van der Waals surface area (Å²) in [6.07, 6.45) is 0. The van der Waals surface area contributed by atoms with Crippen LogP contribution in [0.15, 0.2) is 28.7 Å². The molecule has 0 aromatic heterocycles. The number of carbonyl (C=O) groups excluding carboxylic acids is 1. The third kappa shape index (κ3) is 4.83. The molecule has 4 heteroatoms. The van der Waals surface area contributed by atoms with Gasteiger partial charge in [-0.05, 0) is 32.0 Å². The van der Waals surface area contributed by atoms with E-state index in [1.54, 1.807) is 0 Å². The molecule has 0 saturated heterocycles. The van der Waals surface area contributed by atoms with Crippen LogP contribution in [0.5, 0.6) is 0 Å². The average molecular weight is 271 g/mol. The molecule has 1 rings (SSSR count). The van der Waals surface area contributed by atoms with Crippen molar-refractivity contribution in [1.29, 1.82) is 0 Å². The fourth-order valence-electron chi connectivity index (χ4n) is 1.15. The van der Waals surface area contributed by atoms with Crippen LogP contribution in [0.4, 0.5) is 5.69 Å². The number of nitrogens with one attached hydrogen (secondary N) is 2. The van der Waals surface area contributed by atoms with E-state index >= 15 is 0 Å². The van der Waals surface area contributed by atoms with Gasteiger partial charge in [0.05, 0.1) is 6.54 Å². The SMILES string of the molecule is CC(C)NC(=O)CNc1cccc(Br)c1. The van der Waals surface area contributed by atoms with E-state index < -0.39 is 0 Å². The van der Waals surface area contributed by atoms with E-state index in [4.69, 9.17) is 0 Å². The molecule has 1 aromatic carbocycles. The molecule has 0 heterocycles. The number of hydrogen-bond acceptors (Lipinski definition) is 2. The zero-order chi connectivity index (χ0) is 11.3. The Morgan fingerprint density at radius 3 is 2.80 bits per heavy atom. The first-order chi connectivity index (χ1) is 7.08. The Kier molecular flexibility index (Phi) is 4.62. The smallest absolute Gasteiger partial charge is 0.239 e. The minimum absolute atomic E-state index is 0.00461. The zero-order valence-corrected chi connectivity index (χ0v) is 10.5. The number of halogens is 1. The van der Waals surface area contributed by atoms with E-state index in [0.29, 0.717) is 6.54 Å². The van der Waals surface area contributed by atoms with Gasteiger partial charge in [-0.3, -0.25) is 4.79 Å². The second kappa shape index (κ2) is 5.75. The lowest BCUT2D eigenvalue weighted by Gasteiger charge is -2.10. The van der Waals surface area contributed by atoms with Crippen LogP contribution in [0.3, 0.4) is 0 Å². The van der Waals surface area contributed by atoms with Crippen molar-refractivity contribution in [2.75, 3.05) is 11.9 Å². The van der Waals surface area contributed by atoms with E-state index in [9.17, 15) is 4.79 Å². The largest absolute Gasteiger partial charge is 0.376 e. The van der Waals surface area contributed by atoms with Gasteiger partial charge in [-0.25, -0.2) is 0 Å². The van der Waals surface area contributed by atoms with E-state index in [2.05, 4.69) is 26.6 Å². The highest BCUT2D eigenvalue weighted by Gasteiger charge is 2.02. The molecular formula is C11H15BrN2O. The van der Waals surface area contributed by atoms with E-state index in [-0.39, 0.29) is 11.9 Å². The second-order valence-corrected chi connectivity index (χ2v) is 4.50. The van der Waals surface area contributed by atoms with E-state index in [1.807, 2.05) is 38.1 Å². The zero-order valence-electron chi connectivity index (χ0n) is 8.88. The van der Waals surface area contributed by atoms with Crippen LogP contribution in [0.2, 0.25) is 0 Å². The van der Waals surface area contributed by atoms with Crippen LogP contribution < -0.4 is 10.6 Å². The summed E-state index contributed by atoms with van der Waals surface area (Å²) in [6, 6.07) is 7.91. The summed E-state index contributed by atoms with van der Waals surface area (Å²) in [5.41, 5.74) is 0.934. The molecular weight excluding hydrogens is 256 g/mol. The molecule has 2 N–H and O–H groups in total. The van der Waals surface area contributed by atoms with Gasteiger partial charge in [-0.15, -0.1) is 0 Å². The third-order valence-electron chi connectivity index (χ3n) is 1.73. The predicted octanol–water partition coefficient (Wildman–Crippen LogP) is 2.39. The molecule has 0 aliphatic carbocycles. The second-order valence-electron chi connectivity index (χ2n) is 3.59. The molecule has 0 saturated carbocycles. The minimum atomic E-state index is 0.00461. The molecule has 0 unspecified atom stereocenters. The maximum Gasteiger partial charge on any atom is 0.239 e. The highest BCUT2D eigenvalue weighted by atomic mass is 79.9. The minimum Gasteiger partial charge on any atom is -0.376 e. The molecule has 0 spiro atoms. The van der Waals surface area contributed by atoms with Crippen molar-refractivity contribution in [2.45, 2.75) is 19.9 Å². The van der Waals surface area contributed by atoms with Crippen molar-refractivity contribution in [3.63, 3.8) is 0 Å². The highest BCUT2D eigenvalue weighted by Crippen LogP contribution is 2.14. The fourth-order valence-corrected chi connectivity index (χ4v) is 1.55. The van der Waals surface area contributed by atoms with Gasteiger partial charge >= 0.3 is 0 Å². The van der Waals surface area contributed by atoms with Gasteiger partial charge in [0.2, 0.25) is 5.91 Å². The number of hydrogen-bond donors (Lipinski definition) is 2. The van der Waals surface area contributed by atoms with Crippen molar-refractivity contribution in [1.82, 2.24) is 5.32 Å². The summed E-state index contributed by atoms with van der Waals surface area (Å²) in [7, 11) is 0. The molecule has 1 amide bonds. The number of amides is 1. The molecule has 1 aromatic rings. The Hall–Kier alpha value is -1.03. The molecule has 0 fully saturated rings. The van der Waals surface area contributed by atoms with Crippen LogP contribution in [-0.4, -0.2) is 18.5 Å². The molecule has 0 bridgehead atoms. The number of rotatable bonds is 4. The van der Waals surface area contributed by atoms with E-state index in [0.717, 1.165) is 10.2 Å². The Morgan fingerprint density at radius 1 is 1.47 bits per heavy atom. The van der Waals surface area contributed by atoms with Gasteiger partial charge < -0.3 is 10.6 Å². The van der Waals surface area contributed by atoms with Gasteiger partial charge in [0, 0.05) is 16.2 Å². The first-order valence-electron chi connectivity index (χ1n) is 4.86. The standard InChI is InChI=1S/C11H15BrN2O/c1-8(2)14-11(15)7-13-10-5-3-4-9(12)6-10/h3-6,8,13H,7H2,1-2H3,(H,14,15). The van der Waals surface area contributed by atoms with Gasteiger partial charge in [-0.2, -0.15) is 0 Å². The monoisotopic (exact) mass is 270 g/mol. The van der Waals surface area contributed by atoms with Crippen LogP contribution in [0, 0.1) is 0 Å². The molecule has 0 aliphatic rings. The Balaban J connectivity index is 2.40. The van der Waals surface area contributed by atoms with E-state index in [1.165, 1.54) is 0 Å². The topological polar surface area (TPSA) is 41.1 Å². The van der Waals surface area contributed by atoms with Crippen molar-refractivity contribution >= 4 is 27.5 Å². The predicted molar refractivity (Wildman–Crippen MR) is 65.9 cm³/mol. The van der Waals surface area contributed by atoms with Crippen molar-refractivity contribution in [3.8, 4) is 0 Å². The molecule has 0 aliphatic heterocycles.